The van der Waals surface area contributed by atoms with Crippen LogP contribution in [-0.2, 0) is 11.3 Å². The summed E-state index contributed by atoms with van der Waals surface area (Å²) in [5.74, 6) is 0.346. The van der Waals surface area contributed by atoms with Crippen LogP contribution in [-0.4, -0.2) is 36.8 Å². The summed E-state index contributed by atoms with van der Waals surface area (Å²) in [6.07, 6.45) is 3.38. The molecule has 0 fully saturated rings. The number of nitrogens with one attached hydrogen (secondary N) is 2. The lowest BCUT2D eigenvalue weighted by atomic mass is 10.0. The van der Waals surface area contributed by atoms with Crippen LogP contribution in [0, 0.1) is 5.92 Å². The topological polar surface area (TPSA) is 102 Å². The fraction of sp³-hybridized carbons (Fsp3) is 0.318. The lowest BCUT2D eigenvalue weighted by Gasteiger charge is -2.23. The van der Waals surface area contributed by atoms with Crippen LogP contribution in [0.25, 0.3) is 0 Å². The Morgan fingerprint density at radius 2 is 1.97 bits per heavy atom. The standard InChI is InChI=1S/C22H26N6O2S2/c1-5-12-28-18(17(14(2)3)24-20(30)16-9-7-6-8-10-16)26-27-22(28)32-15(4)19(29)25-21-23-11-13-31-21/h5-11,13-15,17H,1,12H2,2-4H3,(H,24,30)(H,23,25,29)/t15-,17-/m1/s1. The number of hydrogen-bond donors (Lipinski definition) is 2. The zero-order valence-corrected chi connectivity index (χ0v) is 19.8. The second-order valence-electron chi connectivity index (χ2n) is 7.39. The average Bonchev–Trinajstić information content (AvgIpc) is 3.43. The maximum absolute atomic E-state index is 12.8. The summed E-state index contributed by atoms with van der Waals surface area (Å²) in [7, 11) is 0. The molecule has 0 saturated heterocycles. The molecule has 0 bridgehead atoms. The average molecular weight is 471 g/mol. The van der Waals surface area contributed by atoms with Crippen molar-refractivity contribution in [2.24, 2.45) is 5.92 Å². The second-order valence-corrected chi connectivity index (χ2v) is 9.59. The van der Waals surface area contributed by atoms with Gasteiger partial charge in [0.1, 0.15) is 0 Å². The third kappa shape index (κ3) is 5.83. The van der Waals surface area contributed by atoms with Gasteiger partial charge < -0.3 is 15.2 Å². The number of anilines is 1. The Bertz CT molecular complexity index is 1050. The Labute approximate surface area is 195 Å². The Hall–Kier alpha value is -2.98. The van der Waals surface area contributed by atoms with Crippen molar-refractivity contribution in [1.82, 2.24) is 25.1 Å². The first-order chi connectivity index (χ1) is 15.4. The Morgan fingerprint density at radius 3 is 2.59 bits per heavy atom. The van der Waals surface area contributed by atoms with E-state index in [2.05, 4.69) is 32.4 Å². The molecule has 0 spiro atoms. The van der Waals surface area contributed by atoms with E-state index in [9.17, 15) is 9.59 Å². The molecule has 1 aromatic carbocycles. The summed E-state index contributed by atoms with van der Waals surface area (Å²) >= 11 is 2.66. The van der Waals surface area contributed by atoms with Crippen molar-refractivity contribution in [2.45, 2.75) is 43.8 Å². The van der Waals surface area contributed by atoms with Gasteiger partial charge in [-0.05, 0) is 25.0 Å². The maximum Gasteiger partial charge on any atom is 0.251 e. The van der Waals surface area contributed by atoms with Crippen molar-refractivity contribution in [3.8, 4) is 0 Å². The molecule has 8 nitrogen and oxygen atoms in total. The van der Waals surface area contributed by atoms with Gasteiger partial charge >= 0.3 is 0 Å². The van der Waals surface area contributed by atoms with E-state index < -0.39 is 5.25 Å². The smallest absolute Gasteiger partial charge is 0.251 e. The van der Waals surface area contributed by atoms with Crippen LogP contribution in [0.15, 0.2) is 59.7 Å². The quantitative estimate of drug-likeness (QED) is 0.341. The molecule has 168 valence electrons. The van der Waals surface area contributed by atoms with Crippen LogP contribution in [0.1, 0.15) is 43.0 Å². The molecule has 10 heteroatoms. The predicted octanol–water partition coefficient (Wildman–Crippen LogP) is 4.17. The highest BCUT2D eigenvalue weighted by Crippen LogP contribution is 2.28. The summed E-state index contributed by atoms with van der Waals surface area (Å²) < 4.78 is 1.89. The second kappa shape index (κ2) is 11.1. The Kier molecular flexibility index (Phi) is 8.18. The molecule has 32 heavy (non-hydrogen) atoms. The van der Waals surface area contributed by atoms with Crippen molar-refractivity contribution < 1.29 is 9.59 Å². The Balaban J connectivity index is 1.80. The van der Waals surface area contributed by atoms with Gasteiger partial charge in [0.2, 0.25) is 5.91 Å². The number of carbonyl (C=O) groups is 2. The van der Waals surface area contributed by atoms with Crippen LogP contribution in [0.3, 0.4) is 0 Å². The SMILES string of the molecule is C=CCn1c(S[C@H](C)C(=O)Nc2nccs2)nnc1[C@H](NC(=O)c1ccccc1)C(C)C. The number of hydrogen-bond acceptors (Lipinski definition) is 7. The fourth-order valence-corrected chi connectivity index (χ4v) is 4.36. The van der Waals surface area contributed by atoms with Crippen molar-refractivity contribution >= 4 is 40.0 Å². The molecule has 0 radical (unpaired) electrons. The van der Waals surface area contributed by atoms with Crippen LogP contribution in [0.4, 0.5) is 5.13 Å². The van der Waals surface area contributed by atoms with Crippen LogP contribution >= 0.6 is 23.1 Å². The van der Waals surface area contributed by atoms with E-state index in [-0.39, 0.29) is 23.8 Å². The van der Waals surface area contributed by atoms with Gasteiger partial charge in [-0.1, -0.05) is 49.9 Å². The fourth-order valence-electron chi connectivity index (χ4n) is 2.97. The molecule has 0 aliphatic carbocycles. The van der Waals surface area contributed by atoms with E-state index in [1.54, 1.807) is 36.7 Å². The zero-order chi connectivity index (χ0) is 23.1. The van der Waals surface area contributed by atoms with Crippen molar-refractivity contribution in [1.29, 1.82) is 0 Å². The monoisotopic (exact) mass is 470 g/mol. The van der Waals surface area contributed by atoms with E-state index in [1.807, 2.05) is 36.6 Å². The summed E-state index contributed by atoms with van der Waals surface area (Å²) in [6.45, 7) is 10.1. The van der Waals surface area contributed by atoms with Gasteiger partial charge in [-0.25, -0.2) is 4.98 Å². The van der Waals surface area contributed by atoms with E-state index in [4.69, 9.17) is 0 Å². The minimum Gasteiger partial charge on any atom is -0.342 e. The zero-order valence-electron chi connectivity index (χ0n) is 18.2. The number of amides is 2. The number of rotatable bonds is 10. The van der Waals surface area contributed by atoms with Crippen molar-refractivity contribution in [3.05, 3.63) is 66.0 Å². The molecule has 0 aliphatic rings. The summed E-state index contributed by atoms with van der Waals surface area (Å²) in [5, 5.41) is 17.1. The molecule has 2 amide bonds. The third-order valence-corrected chi connectivity index (χ3v) is 6.41. The molecule has 3 rings (SSSR count). The molecule has 2 heterocycles. The van der Waals surface area contributed by atoms with E-state index in [0.717, 1.165) is 0 Å². The molecule has 0 aliphatic heterocycles. The first kappa shape index (κ1) is 23.7. The molecular formula is C22H26N6O2S2. The highest BCUT2D eigenvalue weighted by molar-refractivity contribution is 8.00. The number of thiazole rings is 1. The predicted molar refractivity (Wildman–Crippen MR) is 128 cm³/mol. The lowest BCUT2D eigenvalue weighted by molar-refractivity contribution is -0.115. The third-order valence-electron chi connectivity index (χ3n) is 4.64. The van der Waals surface area contributed by atoms with Crippen molar-refractivity contribution in [3.63, 3.8) is 0 Å². The highest BCUT2D eigenvalue weighted by atomic mass is 32.2. The lowest BCUT2D eigenvalue weighted by Crippen LogP contribution is -2.34. The minimum atomic E-state index is -0.420. The van der Waals surface area contributed by atoms with Gasteiger partial charge in [0.25, 0.3) is 5.91 Å². The van der Waals surface area contributed by atoms with E-state index in [1.165, 1.54) is 23.1 Å². The minimum absolute atomic E-state index is 0.0684. The van der Waals surface area contributed by atoms with Crippen molar-refractivity contribution in [2.75, 3.05) is 5.32 Å². The molecule has 0 saturated carbocycles. The number of allylic oxidation sites excluding steroid dienone is 1. The van der Waals surface area contributed by atoms with Crippen LogP contribution < -0.4 is 10.6 Å². The van der Waals surface area contributed by atoms with Crippen LogP contribution in [0.5, 0.6) is 0 Å². The molecule has 3 aromatic rings. The van der Waals surface area contributed by atoms with Gasteiger partial charge in [0.05, 0.1) is 11.3 Å². The largest absolute Gasteiger partial charge is 0.342 e. The molecule has 2 aromatic heterocycles. The van der Waals surface area contributed by atoms with Crippen LogP contribution in [0.2, 0.25) is 0 Å². The molecule has 2 N–H and O–H groups in total. The normalized spacial score (nSPS) is 12.9. The number of benzene rings is 1. The molecular weight excluding hydrogens is 444 g/mol. The molecule has 0 unspecified atom stereocenters. The van der Waals surface area contributed by atoms with Gasteiger partial charge in [0, 0.05) is 23.7 Å². The van der Waals surface area contributed by atoms with E-state index in [0.29, 0.717) is 28.2 Å². The summed E-state index contributed by atoms with van der Waals surface area (Å²) in [5.41, 5.74) is 0.579. The van der Waals surface area contributed by atoms with Gasteiger partial charge in [-0.2, -0.15) is 0 Å². The Morgan fingerprint density at radius 1 is 1.22 bits per heavy atom. The highest BCUT2D eigenvalue weighted by Gasteiger charge is 2.27. The van der Waals surface area contributed by atoms with Gasteiger partial charge in [0.15, 0.2) is 16.1 Å². The number of thioether (sulfide) groups is 1. The number of aromatic nitrogens is 4. The maximum atomic E-state index is 12.8. The first-order valence-corrected chi connectivity index (χ1v) is 11.9. The van der Waals surface area contributed by atoms with Gasteiger partial charge in [-0.3, -0.25) is 9.59 Å². The number of carbonyl (C=O) groups excluding carboxylic acids is 2. The molecule has 2 atom stereocenters. The first-order valence-electron chi connectivity index (χ1n) is 10.2. The number of nitrogens with zero attached hydrogens (tertiary/aromatic N) is 4. The summed E-state index contributed by atoms with van der Waals surface area (Å²) in [4.78, 5) is 29.4. The summed E-state index contributed by atoms with van der Waals surface area (Å²) in [6, 6.07) is 8.70. The van der Waals surface area contributed by atoms with Gasteiger partial charge in [-0.15, -0.1) is 28.1 Å². The van der Waals surface area contributed by atoms with E-state index >= 15 is 0 Å².